The van der Waals surface area contributed by atoms with Gasteiger partial charge in [-0.05, 0) is 30.5 Å². The number of amides is 2. The number of carbonyl (C=O) groups excluding carboxylic acids is 2. The van der Waals surface area contributed by atoms with Crippen LogP contribution in [0, 0.1) is 0 Å². The van der Waals surface area contributed by atoms with Crippen LogP contribution in [0.15, 0.2) is 53.1 Å². The molecule has 2 heterocycles. The quantitative estimate of drug-likeness (QED) is 0.941. The van der Waals surface area contributed by atoms with Gasteiger partial charge in [-0.3, -0.25) is 9.59 Å². The van der Waals surface area contributed by atoms with E-state index in [9.17, 15) is 9.59 Å². The Morgan fingerprint density at radius 3 is 2.73 bits per heavy atom. The van der Waals surface area contributed by atoms with Crippen molar-refractivity contribution >= 4 is 11.8 Å². The molecule has 0 saturated carbocycles. The molecule has 2 amide bonds. The monoisotopic (exact) mass is 298 g/mol. The fourth-order valence-corrected chi connectivity index (χ4v) is 2.73. The molecule has 1 aromatic heterocycles. The molecule has 1 atom stereocenters. The fraction of sp³-hybridized carbons (Fsp3) is 0.294. The van der Waals surface area contributed by atoms with E-state index in [4.69, 9.17) is 4.42 Å². The molecule has 22 heavy (non-hydrogen) atoms. The molecule has 1 unspecified atom stereocenters. The van der Waals surface area contributed by atoms with E-state index in [1.807, 2.05) is 30.3 Å². The van der Waals surface area contributed by atoms with Crippen molar-refractivity contribution in [3.05, 3.63) is 60.1 Å². The van der Waals surface area contributed by atoms with E-state index < -0.39 is 6.04 Å². The molecular weight excluding hydrogens is 280 g/mol. The van der Waals surface area contributed by atoms with E-state index in [-0.39, 0.29) is 17.6 Å². The highest BCUT2D eigenvalue weighted by Gasteiger charge is 2.35. The topological polar surface area (TPSA) is 62.6 Å². The van der Waals surface area contributed by atoms with Crippen LogP contribution in [0.3, 0.4) is 0 Å². The summed E-state index contributed by atoms with van der Waals surface area (Å²) in [4.78, 5) is 26.3. The van der Waals surface area contributed by atoms with Gasteiger partial charge in [-0.2, -0.15) is 0 Å². The molecule has 1 aromatic carbocycles. The Morgan fingerprint density at radius 1 is 1.18 bits per heavy atom. The zero-order valence-electron chi connectivity index (χ0n) is 12.2. The maximum absolute atomic E-state index is 12.4. The normalized spacial score (nSPS) is 17.5. The Balaban J connectivity index is 1.62. The maximum atomic E-state index is 12.4. The van der Waals surface area contributed by atoms with Crippen LogP contribution in [-0.4, -0.2) is 29.3 Å². The molecule has 114 valence electrons. The second kappa shape index (κ2) is 6.47. The summed E-state index contributed by atoms with van der Waals surface area (Å²) >= 11 is 0. The maximum Gasteiger partial charge on any atom is 0.290 e. The number of furan rings is 1. The number of rotatable bonds is 4. The van der Waals surface area contributed by atoms with E-state index in [2.05, 4.69) is 5.32 Å². The Morgan fingerprint density at radius 2 is 2.00 bits per heavy atom. The molecule has 0 radical (unpaired) electrons. The van der Waals surface area contributed by atoms with Crippen LogP contribution in [0.5, 0.6) is 0 Å². The zero-order chi connectivity index (χ0) is 15.4. The van der Waals surface area contributed by atoms with Gasteiger partial charge in [-0.15, -0.1) is 0 Å². The molecule has 2 aromatic rings. The van der Waals surface area contributed by atoms with Gasteiger partial charge < -0.3 is 14.6 Å². The van der Waals surface area contributed by atoms with Crippen LogP contribution in [0.1, 0.15) is 29.0 Å². The van der Waals surface area contributed by atoms with Gasteiger partial charge in [0, 0.05) is 13.1 Å². The Kier molecular flexibility index (Phi) is 4.23. The molecule has 1 aliphatic rings. The van der Waals surface area contributed by atoms with Crippen LogP contribution in [0.4, 0.5) is 0 Å². The average Bonchev–Trinajstić information content (AvgIpc) is 3.24. The van der Waals surface area contributed by atoms with E-state index in [1.54, 1.807) is 17.0 Å². The molecule has 1 fully saturated rings. The lowest BCUT2D eigenvalue weighted by molar-refractivity contribution is -0.125. The molecule has 3 rings (SSSR count). The van der Waals surface area contributed by atoms with Crippen molar-refractivity contribution in [3.8, 4) is 0 Å². The van der Waals surface area contributed by atoms with Crippen LogP contribution >= 0.6 is 0 Å². The van der Waals surface area contributed by atoms with Gasteiger partial charge in [0.25, 0.3) is 5.91 Å². The minimum Gasteiger partial charge on any atom is -0.459 e. The summed E-state index contributed by atoms with van der Waals surface area (Å²) in [5.41, 5.74) is 1.04. The lowest BCUT2D eigenvalue weighted by Gasteiger charge is -2.23. The Labute approximate surface area is 128 Å². The Bertz CT molecular complexity index is 637. The third-order valence-electron chi connectivity index (χ3n) is 3.86. The van der Waals surface area contributed by atoms with Crippen molar-refractivity contribution in [3.63, 3.8) is 0 Å². The minimum atomic E-state index is -0.415. The molecule has 1 N–H and O–H groups in total. The first-order valence-corrected chi connectivity index (χ1v) is 7.42. The van der Waals surface area contributed by atoms with E-state index >= 15 is 0 Å². The number of carbonyl (C=O) groups is 2. The summed E-state index contributed by atoms with van der Waals surface area (Å²) in [5.74, 6) is -0.0496. The molecular formula is C17H18N2O3. The van der Waals surface area contributed by atoms with Crippen molar-refractivity contribution in [2.24, 2.45) is 0 Å². The highest BCUT2D eigenvalue weighted by Crippen LogP contribution is 2.20. The van der Waals surface area contributed by atoms with E-state index in [1.165, 1.54) is 6.26 Å². The number of benzene rings is 1. The highest BCUT2D eigenvalue weighted by atomic mass is 16.3. The Hall–Kier alpha value is -2.56. The first-order valence-electron chi connectivity index (χ1n) is 7.42. The van der Waals surface area contributed by atoms with Crippen molar-refractivity contribution in [1.29, 1.82) is 0 Å². The summed E-state index contributed by atoms with van der Waals surface area (Å²) in [7, 11) is 0. The molecule has 0 aliphatic carbocycles. The smallest absolute Gasteiger partial charge is 0.290 e. The lowest BCUT2D eigenvalue weighted by atomic mass is 10.2. The number of nitrogens with zero attached hydrogens (tertiary/aromatic N) is 1. The fourth-order valence-electron chi connectivity index (χ4n) is 2.73. The number of likely N-dealkylation sites (tertiary alicyclic amines) is 1. The summed E-state index contributed by atoms with van der Waals surface area (Å²) in [6.45, 7) is 1.06. The van der Waals surface area contributed by atoms with E-state index in [0.717, 1.165) is 12.0 Å². The van der Waals surface area contributed by atoms with Gasteiger partial charge in [0.15, 0.2) is 5.76 Å². The summed E-state index contributed by atoms with van der Waals surface area (Å²) in [6, 6.07) is 12.6. The van der Waals surface area contributed by atoms with Gasteiger partial charge in [-0.25, -0.2) is 0 Å². The van der Waals surface area contributed by atoms with E-state index in [0.29, 0.717) is 19.5 Å². The summed E-state index contributed by atoms with van der Waals surface area (Å²) < 4.78 is 5.14. The average molecular weight is 298 g/mol. The summed E-state index contributed by atoms with van der Waals surface area (Å²) in [6.07, 6.45) is 2.98. The van der Waals surface area contributed by atoms with Crippen LogP contribution in [-0.2, 0) is 11.3 Å². The molecule has 1 saturated heterocycles. The molecule has 5 heteroatoms. The van der Waals surface area contributed by atoms with Crippen molar-refractivity contribution in [1.82, 2.24) is 10.2 Å². The lowest BCUT2D eigenvalue weighted by Crippen LogP contribution is -2.45. The predicted molar refractivity (Wildman–Crippen MR) is 81.1 cm³/mol. The molecule has 0 spiro atoms. The van der Waals surface area contributed by atoms with Crippen LogP contribution < -0.4 is 5.32 Å². The number of hydrogen-bond acceptors (Lipinski definition) is 3. The van der Waals surface area contributed by atoms with Gasteiger partial charge in [0.1, 0.15) is 6.04 Å². The van der Waals surface area contributed by atoms with Crippen LogP contribution in [0.2, 0.25) is 0 Å². The van der Waals surface area contributed by atoms with Crippen molar-refractivity contribution in [2.75, 3.05) is 6.54 Å². The highest BCUT2D eigenvalue weighted by molar-refractivity contribution is 5.95. The van der Waals surface area contributed by atoms with Crippen LogP contribution in [0.25, 0.3) is 0 Å². The number of hydrogen-bond donors (Lipinski definition) is 1. The largest absolute Gasteiger partial charge is 0.459 e. The predicted octanol–water partition coefficient (Wildman–Crippen LogP) is 2.20. The SMILES string of the molecule is O=C(NCc1ccccc1)C1CCCN1C(=O)c1ccco1. The third kappa shape index (κ3) is 3.03. The standard InChI is InChI=1S/C17H18N2O3/c20-16(18-12-13-6-2-1-3-7-13)14-8-4-10-19(14)17(21)15-9-5-11-22-15/h1-3,5-7,9,11,14H,4,8,10,12H2,(H,18,20). The van der Waals surface area contributed by atoms with Gasteiger partial charge in [0.05, 0.1) is 6.26 Å². The third-order valence-corrected chi connectivity index (χ3v) is 3.86. The molecule has 5 nitrogen and oxygen atoms in total. The van der Waals surface area contributed by atoms with Crippen molar-refractivity contribution < 1.29 is 14.0 Å². The zero-order valence-corrected chi connectivity index (χ0v) is 12.2. The second-order valence-electron chi connectivity index (χ2n) is 5.34. The number of nitrogens with one attached hydrogen (secondary N) is 1. The van der Waals surface area contributed by atoms with Crippen molar-refractivity contribution in [2.45, 2.75) is 25.4 Å². The second-order valence-corrected chi connectivity index (χ2v) is 5.34. The molecule has 1 aliphatic heterocycles. The van der Waals surface area contributed by atoms with Gasteiger partial charge in [0.2, 0.25) is 5.91 Å². The first kappa shape index (κ1) is 14.4. The first-order chi connectivity index (χ1) is 10.8. The van der Waals surface area contributed by atoms with Gasteiger partial charge in [-0.1, -0.05) is 30.3 Å². The molecule has 0 bridgehead atoms. The summed E-state index contributed by atoms with van der Waals surface area (Å²) in [5, 5.41) is 2.91. The van der Waals surface area contributed by atoms with Gasteiger partial charge >= 0.3 is 0 Å². The minimum absolute atomic E-state index is 0.110.